The summed E-state index contributed by atoms with van der Waals surface area (Å²) in [6, 6.07) is 16.9. The molecule has 152 valence electrons. The number of carbonyl (C=O) groups is 1. The normalized spacial score (nSPS) is 15.5. The highest BCUT2D eigenvalue weighted by Crippen LogP contribution is 2.40. The number of aliphatic carboxylic acids is 1. The second kappa shape index (κ2) is 9.27. The van der Waals surface area contributed by atoms with E-state index >= 15 is 0 Å². The van der Waals surface area contributed by atoms with Crippen molar-refractivity contribution < 1.29 is 14.6 Å². The second-order valence-electron chi connectivity index (χ2n) is 7.96. The Bertz CT molecular complexity index is 763. The molecule has 0 aliphatic carbocycles. The van der Waals surface area contributed by atoms with Gasteiger partial charge in [-0.15, -0.1) is 0 Å². The van der Waals surface area contributed by atoms with Crippen molar-refractivity contribution in [3.8, 4) is 5.75 Å². The van der Waals surface area contributed by atoms with Gasteiger partial charge < -0.3 is 9.84 Å². The third-order valence-electron chi connectivity index (χ3n) is 5.81. The highest BCUT2D eigenvalue weighted by molar-refractivity contribution is 5.77. The van der Waals surface area contributed by atoms with Crippen LogP contribution in [-0.2, 0) is 10.2 Å². The molecule has 0 fully saturated rings. The minimum atomic E-state index is -1.20. The summed E-state index contributed by atoms with van der Waals surface area (Å²) in [5.74, 6) is -0.320. The minimum absolute atomic E-state index is 0.0412. The van der Waals surface area contributed by atoms with Gasteiger partial charge in [0, 0.05) is 5.41 Å². The molecule has 2 rings (SSSR count). The Morgan fingerprint density at radius 2 is 1.39 bits per heavy atom. The summed E-state index contributed by atoms with van der Waals surface area (Å²) in [5, 5.41) is 9.56. The second-order valence-corrected chi connectivity index (χ2v) is 7.96. The van der Waals surface area contributed by atoms with Crippen LogP contribution in [0.4, 0.5) is 0 Å². The monoisotopic (exact) mass is 382 g/mol. The molecule has 3 nitrogen and oxygen atoms in total. The number of rotatable bonds is 10. The molecule has 0 amide bonds. The van der Waals surface area contributed by atoms with E-state index in [0.717, 1.165) is 25.7 Å². The Morgan fingerprint density at radius 3 is 1.82 bits per heavy atom. The van der Waals surface area contributed by atoms with Gasteiger partial charge in [-0.25, -0.2) is 4.79 Å². The van der Waals surface area contributed by atoms with Gasteiger partial charge >= 0.3 is 5.97 Å². The lowest BCUT2D eigenvalue weighted by Crippen LogP contribution is -2.41. The molecule has 0 saturated carbocycles. The largest absolute Gasteiger partial charge is 0.478 e. The first kappa shape index (κ1) is 22.0. The van der Waals surface area contributed by atoms with Gasteiger partial charge in [0.15, 0.2) is 0 Å². The summed E-state index contributed by atoms with van der Waals surface area (Å²) < 4.78 is 5.89. The summed E-state index contributed by atoms with van der Waals surface area (Å²) in [6.45, 7) is 10.2. The van der Waals surface area contributed by atoms with E-state index in [1.54, 1.807) is 6.92 Å². The molecule has 0 aliphatic rings. The summed E-state index contributed by atoms with van der Waals surface area (Å²) in [5.41, 5.74) is 2.61. The molecule has 0 aliphatic heterocycles. The van der Waals surface area contributed by atoms with Crippen LogP contribution < -0.4 is 4.74 Å². The number of hydrogen-bond acceptors (Lipinski definition) is 2. The lowest BCUT2D eigenvalue weighted by molar-refractivity contribution is -0.154. The zero-order chi connectivity index (χ0) is 20.8. The first-order chi connectivity index (χ1) is 13.3. The molecule has 28 heavy (non-hydrogen) atoms. The predicted octanol–water partition coefficient (Wildman–Crippen LogP) is 6.51. The van der Waals surface area contributed by atoms with E-state index in [2.05, 4.69) is 57.2 Å². The molecular formula is C25H34O3. The fourth-order valence-corrected chi connectivity index (χ4v) is 4.12. The predicted molar refractivity (Wildman–Crippen MR) is 115 cm³/mol. The van der Waals surface area contributed by atoms with E-state index in [-0.39, 0.29) is 5.41 Å². The van der Waals surface area contributed by atoms with Gasteiger partial charge in [-0.1, -0.05) is 75.6 Å². The maximum Gasteiger partial charge on any atom is 0.347 e. The zero-order valence-corrected chi connectivity index (χ0v) is 17.9. The highest BCUT2D eigenvalue weighted by atomic mass is 16.5. The molecule has 0 aromatic heterocycles. The van der Waals surface area contributed by atoms with Crippen LogP contribution in [0.2, 0.25) is 0 Å². The number of ether oxygens (including phenoxy) is 1. The van der Waals surface area contributed by atoms with E-state index in [1.807, 2.05) is 19.1 Å². The van der Waals surface area contributed by atoms with Crippen molar-refractivity contribution in [2.75, 3.05) is 0 Å². The Labute approximate surface area is 169 Å². The van der Waals surface area contributed by atoms with E-state index in [1.165, 1.54) is 16.7 Å². The first-order valence-corrected chi connectivity index (χ1v) is 10.4. The average Bonchev–Trinajstić information content (AvgIpc) is 2.68. The molecule has 0 bridgehead atoms. The third kappa shape index (κ3) is 4.57. The quantitative estimate of drug-likeness (QED) is 0.509. The number of carboxylic acid groups (broad SMARTS) is 1. The van der Waals surface area contributed by atoms with Gasteiger partial charge in [0.1, 0.15) is 5.75 Å². The smallest absolute Gasteiger partial charge is 0.347 e. The van der Waals surface area contributed by atoms with Crippen LogP contribution in [0.25, 0.3) is 0 Å². The molecule has 1 N–H and O–H groups in total. The number of carboxylic acids is 1. The Hall–Kier alpha value is -2.29. The van der Waals surface area contributed by atoms with Gasteiger partial charge in [0.25, 0.3) is 0 Å². The molecule has 2 unspecified atom stereocenters. The van der Waals surface area contributed by atoms with E-state index in [0.29, 0.717) is 12.2 Å². The lowest BCUT2D eigenvalue weighted by atomic mass is 9.69. The Kier molecular flexibility index (Phi) is 7.29. The number of benzene rings is 2. The molecule has 0 radical (unpaired) electrons. The molecule has 0 spiro atoms. The van der Waals surface area contributed by atoms with Crippen molar-refractivity contribution in [2.24, 2.45) is 0 Å². The van der Waals surface area contributed by atoms with Crippen LogP contribution in [0.5, 0.6) is 5.75 Å². The Morgan fingerprint density at radius 1 is 0.893 bits per heavy atom. The standard InChI is InChI=1S/C25H34O3/c1-6-17-24(5,23(26)27)28-22-15-13-21(14-16-22)25(8-3,18-7-2)20-11-9-19(4)10-12-20/h9-16H,6-8,17-18H2,1-5H3,(H,26,27). The summed E-state index contributed by atoms with van der Waals surface area (Å²) in [6.07, 6.45) is 4.39. The van der Waals surface area contributed by atoms with E-state index in [4.69, 9.17) is 4.74 Å². The molecule has 0 heterocycles. The molecule has 2 aromatic carbocycles. The fourth-order valence-electron chi connectivity index (χ4n) is 4.12. The van der Waals surface area contributed by atoms with Crippen molar-refractivity contribution in [3.63, 3.8) is 0 Å². The van der Waals surface area contributed by atoms with Gasteiger partial charge in [0.2, 0.25) is 5.60 Å². The van der Waals surface area contributed by atoms with Gasteiger partial charge in [-0.2, -0.15) is 0 Å². The van der Waals surface area contributed by atoms with Gasteiger partial charge in [-0.3, -0.25) is 0 Å². The lowest BCUT2D eigenvalue weighted by Gasteiger charge is -2.35. The highest BCUT2D eigenvalue weighted by Gasteiger charge is 2.35. The van der Waals surface area contributed by atoms with Gasteiger partial charge in [0.05, 0.1) is 0 Å². The van der Waals surface area contributed by atoms with E-state index in [9.17, 15) is 9.90 Å². The van der Waals surface area contributed by atoms with Crippen LogP contribution >= 0.6 is 0 Å². The van der Waals surface area contributed by atoms with Crippen molar-refractivity contribution >= 4 is 5.97 Å². The first-order valence-electron chi connectivity index (χ1n) is 10.4. The zero-order valence-electron chi connectivity index (χ0n) is 17.9. The van der Waals surface area contributed by atoms with Crippen LogP contribution in [0.3, 0.4) is 0 Å². The van der Waals surface area contributed by atoms with Crippen LogP contribution in [0.15, 0.2) is 48.5 Å². The molecular weight excluding hydrogens is 348 g/mol. The summed E-state index contributed by atoms with van der Waals surface area (Å²) in [4.78, 5) is 11.7. The SMILES string of the molecule is CCCC(C)(Oc1ccc(C(CC)(CCC)c2ccc(C)cc2)cc1)C(=O)O. The van der Waals surface area contributed by atoms with E-state index < -0.39 is 11.6 Å². The maximum atomic E-state index is 11.7. The van der Waals surface area contributed by atoms with Gasteiger partial charge in [-0.05, 0) is 56.4 Å². The molecule has 3 heteroatoms. The average molecular weight is 383 g/mol. The van der Waals surface area contributed by atoms with Crippen LogP contribution in [0.1, 0.15) is 76.5 Å². The minimum Gasteiger partial charge on any atom is -0.478 e. The maximum absolute atomic E-state index is 11.7. The van der Waals surface area contributed by atoms with Crippen LogP contribution in [0, 0.1) is 6.92 Å². The van der Waals surface area contributed by atoms with Crippen molar-refractivity contribution in [3.05, 3.63) is 65.2 Å². The molecule has 0 saturated heterocycles. The Balaban J connectivity index is 2.39. The van der Waals surface area contributed by atoms with Crippen molar-refractivity contribution in [1.82, 2.24) is 0 Å². The molecule has 2 aromatic rings. The summed E-state index contributed by atoms with van der Waals surface area (Å²) >= 11 is 0. The third-order valence-corrected chi connectivity index (χ3v) is 5.81. The topological polar surface area (TPSA) is 46.5 Å². The number of hydrogen-bond donors (Lipinski definition) is 1. The van der Waals surface area contributed by atoms with Crippen molar-refractivity contribution in [2.45, 2.75) is 77.7 Å². The summed E-state index contributed by atoms with van der Waals surface area (Å²) in [7, 11) is 0. The fraction of sp³-hybridized carbons (Fsp3) is 0.480. The van der Waals surface area contributed by atoms with Crippen molar-refractivity contribution in [1.29, 1.82) is 0 Å². The molecule has 2 atom stereocenters. The van der Waals surface area contributed by atoms with Crippen LogP contribution in [-0.4, -0.2) is 16.7 Å². The number of aryl methyl sites for hydroxylation is 1.